The third kappa shape index (κ3) is 5.63. The van der Waals surface area contributed by atoms with Gasteiger partial charge in [0, 0.05) is 5.56 Å². The highest BCUT2D eigenvalue weighted by Crippen LogP contribution is 2.21. The molecule has 0 atom stereocenters. The third-order valence-electron chi connectivity index (χ3n) is 5.08. The summed E-state index contributed by atoms with van der Waals surface area (Å²) < 4.78 is 10.6. The quantitative estimate of drug-likeness (QED) is 0.145. The van der Waals surface area contributed by atoms with Gasteiger partial charge in [0.25, 0.3) is 0 Å². The van der Waals surface area contributed by atoms with Crippen molar-refractivity contribution in [2.45, 2.75) is 0 Å². The van der Waals surface area contributed by atoms with E-state index in [9.17, 15) is 9.59 Å². The molecule has 0 heterocycles. The first-order valence-corrected chi connectivity index (χ1v) is 10.5. The standard InChI is InChI=1S/C29H22O4/c1-32-26-11-6-10-25(20-26)29(31)33-27-12-5-7-21(19-27)13-18-28(30)24-16-14-23(15-17-24)22-8-3-2-4-9-22/h2-20H,1H3/b18-13+. The molecule has 0 saturated heterocycles. The molecule has 4 heteroatoms. The number of hydrogen-bond acceptors (Lipinski definition) is 4. The summed E-state index contributed by atoms with van der Waals surface area (Å²) in [5, 5.41) is 0. The van der Waals surface area contributed by atoms with Crippen molar-refractivity contribution in [2.24, 2.45) is 0 Å². The Kier molecular flexibility index (Phi) is 6.76. The Hall–Kier alpha value is -4.44. The van der Waals surface area contributed by atoms with Gasteiger partial charge in [-0.25, -0.2) is 4.79 Å². The summed E-state index contributed by atoms with van der Waals surface area (Å²) in [6.45, 7) is 0. The Morgan fingerprint density at radius 1 is 0.667 bits per heavy atom. The van der Waals surface area contributed by atoms with Crippen molar-refractivity contribution in [3.63, 3.8) is 0 Å². The predicted molar refractivity (Wildman–Crippen MR) is 130 cm³/mol. The first kappa shape index (κ1) is 21.8. The van der Waals surface area contributed by atoms with Gasteiger partial charge in [-0.15, -0.1) is 0 Å². The van der Waals surface area contributed by atoms with E-state index < -0.39 is 5.97 Å². The number of carbonyl (C=O) groups is 2. The van der Waals surface area contributed by atoms with Crippen LogP contribution in [-0.2, 0) is 0 Å². The minimum Gasteiger partial charge on any atom is -0.497 e. The summed E-state index contributed by atoms with van der Waals surface area (Å²) in [4.78, 5) is 25.0. The van der Waals surface area contributed by atoms with E-state index >= 15 is 0 Å². The number of esters is 1. The highest BCUT2D eigenvalue weighted by Gasteiger charge is 2.10. The fraction of sp³-hybridized carbons (Fsp3) is 0.0345. The van der Waals surface area contributed by atoms with Crippen LogP contribution in [-0.4, -0.2) is 18.9 Å². The topological polar surface area (TPSA) is 52.6 Å². The molecule has 4 nitrogen and oxygen atoms in total. The SMILES string of the molecule is COc1cccc(C(=O)Oc2cccc(/C=C/C(=O)c3ccc(-c4ccccc4)cc3)c2)c1. The molecule has 0 radical (unpaired) electrons. The molecule has 0 saturated carbocycles. The number of allylic oxidation sites excluding steroid dienone is 1. The third-order valence-corrected chi connectivity index (χ3v) is 5.08. The molecule has 162 valence electrons. The lowest BCUT2D eigenvalue weighted by molar-refractivity contribution is 0.0734. The van der Waals surface area contributed by atoms with E-state index in [1.54, 1.807) is 55.7 Å². The minimum atomic E-state index is -0.482. The van der Waals surface area contributed by atoms with E-state index in [4.69, 9.17) is 9.47 Å². The second-order valence-corrected chi connectivity index (χ2v) is 7.33. The number of hydrogen-bond donors (Lipinski definition) is 0. The monoisotopic (exact) mass is 434 g/mol. The molecule has 0 aromatic heterocycles. The van der Waals surface area contributed by atoms with Crippen LogP contribution in [0.3, 0.4) is 0 Å². The van der Waals surface area contributed by atoms with Crippen molar-refractivity contribution in [2.75, 3.05) is 7.11 Å². The smallest absolute Gasteiger partial charge is 0.343 e. The second-order valence-electron chi connectivity index (χ2n) is 7.33. The summed E-state index contributed by atoms with van der Waals surface area (Å²) in [6.07, 6.45) is 3.22. The molecule has 0 aliphatic rings. The predicted octanol–water partition coefficient (Wildman–Crippen LogP) is 6.48. The second kappa shape index (κ2) is 10.2. The van der Waals surface area contributed by atoms with Crippen LogP contribution in [0.15, 0.2) is 109 Å². The van der Waals surface area contributed by atoms with Gasteiger partial charge in [-0.3, -0.25) is 4.79 Å². The van der Waals surface area contributed by atoms with Crippen LogP contribution in [0, 0.1) is 0 Å². The van der Waals surface area contributed by atoms with Crippen molar-refractivity contribution in [3.05, 3.63) is 126 Å². The number of methoxy groups -OCH3 is 1. The molecule has 0 aliphatic heterocycles. The number of rotatable bonds is 7. The molecule has 0 unspecified atom stereocenters. The summed E-state index contributed by atoms with van der Waals surface area (Å²) in [5.74, 6) is 0.388. The molecule has 0 N–H and O–H groups in total. The maximum atomic E-state index is 12.6. The highest BCUT2D eigenvalue weighted by molar-refractivity contribution is 6.07. The van der Waals surface area contributed by atoms with E-state index in [2.05, 4.69) is 0 Å². The Bertz CT molecular complexity index is 1290. The van der Waals surface area contributed by atoms with Crippen molar-refractivity contribution in [3.8, 4) is 22.6 Å². The molecular formula is C29H22O4. The van der Waals surface area contributed by atoms with Crippen LogP contribution in [0.25, 0.3) is 17.2 Å². The van der Waals surface area contributed by atoms with Crippen molar-refractivity contribution in [1.82, 2.24) is 0 Å². The van der Waals surface area contributed by atoms with Gasteiger partial charge in [0.15, 0.2) is 5.78 Å². The summed E-state index contributed by atoms with van der Waals surface area (Å²) >= 11 is 0. The lowest BCUT2D eigenvalue weighted by Crippen LogP contribution is -2.08. The van der Waals surface area contributed by atoms with E-state index in [0.29, 0.717) is 22.6 Å². The highest BCUT2D eigenvalue weighted by atomic mass is 16.5. The average molecular weight is 434 g/mol. The van der Waals surface area contributed by atoms with Crippen LogP contribution in [0.2, 0.25) is 0 Å². The molecule has 0 amide bonds. The van der Waals surface area contributed by atoms with Crippen LogP contribution < -0.4 is 9.47 Å². The number of ketones is 1. The maximum absolute atomic E-state index is 12.6. The summed E-state index contributed by atoms with van der Waals surface area (Å²) in [6, 6.07) is 31.3. The molecule has 4 aromatic carbocycles. The van der Waals surface area contributed by atoms with Gasteiger partial charge in [0.2, 0.25) is 0 Å². The largest absolute Gasteiger partial charge is 0.497 e. The van der Waals surface area contributed by atoms with Gasteiger partial charge in [-0.1, -0.05) is 78.9 Å². The molecule has 0 aliphatic carbocycles. The van der Waals surface area contributed by atoms with Crippen molar-refractivity contribution < 1.29 is 19.1 Å². The number of carbonyl (C=O) groups excluding carboxylic acids is 2. The lowest BCUT2D eigenvalue weighted by atomic mass is 10.0. The molecule has 0 spiro atoms. The van der Waals surface area contributed by atoms with Gasteiger partial charge in [0.1, 0.15) is 11.5 Å². The molecule has 33 heavy (non-hydrogen) atoms. The fourth-order valence-corrected chi connectivity index (χ4v) is 3.32. The molecule has 0 bridgehead atoms. The van der Waals surface area contributed by atoms with Crippen LogP contribution >= 0.6 is 0 Å². The molecule has 4 aromatic rings. The van der Waals surface area contributed by atoms with E-state index in [0.717, 1.165) is 16.7 Å². The fourth-order valence-electron chi connectivity index (χ4n) is 3.32. The minimum absolute atomic E-state index is 0.103. The van der Waals surface area contributed by atoms with E-state index in [1.807, 2.05) is 60.7 Å². The van der Waals surface area contributed by atoms with Gasteiger partial charge < -0.3 is 9.47 Å². The Morgan fingerprint density at radius 2 is 1.36 bits per heavy atom. The summed E-state index contributed by atoms with van der Waals surface area (Å²) in [5.41, 5.74) is 3.91. The summed E-state index contributed by atoms with van der Waals surface area (Å²) in [7, 11) is 1.54. The zero-order chi connectivity index (χ0) is 23.0. The average Bonchev–Trinajstić information content (AvgIpc) is 2.88. The van der Waals surface area contributed by atoms with Crippen LogP contribution in [0.1, 0.15) is 26.3 Å². The van der Waals surface area contributed by atoms with Gasteiger partial charge >= 0.3 is 5.97 Å². The van der Waals surface area contributed by atoms with Crippen molar-refractivity contribution in [1.29, 1.82) is 0 Å². The number of ether oxygens (including phenoxy) is 2. The Balaban J connectivity index is 1.42. The van der Waals surface area contributed by atoms with Gasteiger partial charge in [-0.2, -0.15) is 0 Å². The normalized spacial score (nSPS) is 10.7. The molecular weight excluding hydrogens is 412 g/mol. The van der Waals surface area contributed by atoms with E-state index in [1.165, 1.54) is 6.08 Å². The van der Waals surface area contributed by atoms with E-state index in [-0.39, 0.29) is 5.78 Å². The zero-order valence-corrected chi connectivity index (χ0v) is 18.1. The van der Waals surface area contributed by atoms with Crippen molar-refractivity contribution >= 4 is 17.8 Å². The van der Waals surface area contributed by atoms with Gasteiger partial charge in [-0.05, 0) is 53.1 Å². The molecule has 4 rings (SSSR count). The van der Waals surface area contributed by atoms with Crippen LogP contribution in [0.4, 0.5) is 0 Å². The maximum Gasteiger partial charge on any atom is 0.343 e. The first-order valence-electron chi connectivity index (χ1n) is 10.5. The zero-order valence-electron chi connectivity index (χ0n) is 18.1. The number of benzene rings is 4. The Morgan fingerprint density at radius 3 is 2.12 bits per heavy atom. The first-order chi connectivity index (χ1) is 16.1. The van der Waals surface area contributed by atoms with Gasteiger partial charge in [0.05, 0.1) is 12.7 Å². The lowest BCUT2D eigenvalue weighted by Gasteiger charge is -2.06. The van der Waals surface area contributed by atoms with Crippen LogP contribution in [0.5, 0.6) is 11.5 Å². The Labute approximate surface area is 192 Å². The molecule has 0 fully saturated rings.